The van der Waals surface area contributed by atoms with Gasteiger partial charge in [0, 0.05) is 12.5 Å². The van der Waals surface area contributed by atoms with Gasteiger partial charge < -0.3 is 10.9 Å². The first-order valence-corrected chi connectivity index (χ1v) is 6.76. The van der Waals surface area contributed by atoms with Gasteiger partial charge in [0.25, 0.3) is 0 Å². The minimum atomic E-state index is 0.149. The third kappa shape index (κ3) is 5.30. The van der Waals surface area contributed by atoms with E-state index in [9.17, 15) is 0 Å². The molecule has 1 atom stereocenters. The summed E-state index contributed by atoms with van der Waals surface area (Å²) in [4.78, 5) is 2.27. The van der Waals surface area contributed by atoms with Crippen molar-refractivity contribution in [1.82, 2.24) is 4.90 Å². The Labute approximate surface area is 115 Å². The maximum atomic E-state index is 8.77. The molecule has 3 N–H and O–H groups in total. The van der Waals surface area contributed by atoms with E-state index in [1.165, 1.54) is 5.56 Å². The van der Waals surface area contributed by atoms with Gasteiger partial charge in [-0.1, -0.05) is 49.3 Å². The molecule has 0 aliphatic rings. The van der Waals surface area contributed by atoms with Gasteiger partial charge in [-0.25, -0.2) is 0 Å². The number of benzene rings is 1. The molecular weight excluding hydrogens is 238 g/mol. The van der Waals surface area contributed by atoms with Gasteiger partial charge in [-0.05, 0) is 31.5 Å². The van der Waals surface area contributed by atoms with Gasteiger partial charge in [0.2, 0.25) is 0 Å². The number of nitrogens with zero attached hydrogens (tertiary/aromatic N) is 2. The average molecular weight is 263 g/mol. The molecule has 1 aromatic rings. The summed E-state index contributed by atoms with van der Waals surface area (Å²) in [6, 6.07) is 10.4. The predicted octanol–water partition coefficient (Wildman–Crippen LogP) is 2.84. The molecule has 4 heteroatoms. The highest BCUT2D eigenvalue weighted by Gasteiger charge is 2.18. The molecule has 1 rings (SSSR count). The monoisotopic (exact) mass is 263 g/mol. The Morgan fingerprint density at radius 3 is 2.47 bits per heavy atom. The fourth-order valence-electron chi connectivity index (χ4n) is 2.06. The van der Waals surface area contributed by atoms with Crippen molar-refractivity contribution < 1.29 is 5.21 Å². The molecule has 0 bridgehead atoms. The topological polar surface area (TPSA) is 61.8 Å². The molecule has 4 nitrogen and oxygen atoms in total. The van der Waals surface area contributed by atoms with Crippen molar-refractivity contribution in [2.24, 2.45) is 16.8 Å². The number of oxime groups is 1. The van der Waals surface area contributed by atoms with Crippen LogP contribution in [0.4, 0.5) is 0 Å². The quantitative estimate of drug-likeness (QED) is 0.344. The molecule has 0 amide bonds. The van der Waals surface area contributed by atoms with Crippen LogP contribution in [0.5, 0.6) is 0 Å². The highest BCUT2D eigenvalue weighted by atomic mass is 16.4. The number of nitrogens with two attached hydrogens (primary N) is 1. The first kappa shape index (κ1) is 15.5. The fraction of sp³-hybridized carbons (Fsp3) is 0.533. The van der Waals surface area contributed by atoms with Gasteiger partial charge in [-0.15, -0.1) is 0 Å². The molecule has 19 heavy (non-hydrogen) atoms. The van der Waals surface area contributed by atoms with Crippen LogP contribution in [0.3, 0.4) is 0 Å². The van der Waals surface area contributed by atoms with Crippen LogP contribution >= 0.6 is 0 Å². The summed E-state index contributed by atoms with van der Waals surface area (Å²) < 4.78 is 0. The SMILES string of the molecule is CC(C)CCN(C)C(CC(N)=NO)c1ccccc1. The average Bonchev–Trinajstić information content (AvgIpc) is 2.42. The lowest BCUT2D eigenvalue weighted by Crippen LogP contribution is -2.30. The number of hydrogen-bond acceptors (Lipinski definition) is 3. The summed E-state index contributed by atoms with van der Waals surface area (Å²) in [6.45, 7) is 5.43. The van der Waals surface area contributed by atoms with Gasteiger partial charge in [-0.2, -0.15) is 0 Å². The zero-order chi connectivity index (χ0) is 14.3. The number of hydrogen-bond donors (Lipinski definition) is 2. The van der Waals surface area contributed by atoms with E-state index in [-0.39, 0.29) is 11.9 Å². The van der Waals surface area contributed by atoms with E-state index in [2.05, 4.69) is 43.1 Å². The Morgan fingerprint density at radius 1 is 1.32 bits per heavy atom. The Bertz CT molecular complexity index is 390. The van der Waals surface area contributed by atoms with E-state index >= 15 is 0 Å². The van der Waals surface area contributed by atoms with E-state index in [0.717, 1.165) is 13.0 Å². The second-order valence-corrected chi connectivity index (χ2v) is 5.39. The minimum Gasteiger partial charge on any atom is -0.409 e. The van der Waals surface area contributed by atoms with Crippen molar-refractivity contribution in [1.29, 1.82) is 0 Å². The molecule has 0 aromatic heterocycles. The van der Waals surface area contributed by atoms with Crippen molar-refractivity contribution in [2.45, 2.75) is 32.7 Å². The summed E-state index contributed by atoms with van der Waals surface area (Å²) in [7, 11) is 2.09. The summed E-state index contributed by atoms with van der Waals surface area (Å²) >= 11 is 0. The first-order valence-electron chi connectivity index (χ1n) is 6.76. The van der Waals surface area contributed by atoms with Crippen LogP contribution in [0, 0.1) is 5.92 Å². The van der Waals surface area contributed by atoms with Gasteiger partial charge in [0.1, 0.15) is 5.84 Å². The molecular formula is C15H25N3O. The van der Waals surface area contributed by atoms with Crippen LogP contribution < -0.4 is 5.73 Å². The molecule has 0 heterocycles. The highest BCUT2D eigenvalue weighted by Crippen LogP contribution is 2.23. The van der Waals surface area contributed by atoms with Crippen molar-refractivity contribution in [3.8, 4) is 0 Å². The fourth-order valence-corrected chi connectivity index (χ4v) is 2.06. The molecule has 0 saturated heterocycles. The highest BCUT2D eigenvalue weighted by molar-refractivity contribution is 5.80. The van der Waals surface area contributed by atoms with Gasteiger partial charge in [0.05, 0.1) is 0 Å². The van der Waals surface area contributed by atoms with Crippen LogP contribution in [-0.2, 0) is 0 Å². The lowest BCUT2D eigenvalue weighted by atomic mass is 10.0. The lowest BCUT2D eigenvalue weighted by molar-refractivity contribution is 0.233. The Morgan fingerprint density at radius 2 is 1.95 bits per heavy atom. The smallest absolute Gasteiger partial charge is 0.141 e. The summed E-state index contributed by atoms with van der Waals surface area (Å²) in [5.74, 6) is 0.938. The molecule has 0 aliphatic carbocycles. The van der Waals surface area contributed by atoms with Gasteiger partial charge in [0.15, 0.2) is 0 Å². The second-order valence-electron chi connectivity index (χ2n) is 5.39. The molecule has 0 saturated carbocycles. The first-order chi connectivity index (χ1) is 9.04. The standard InChI is InChI=1S/C15H25N3O/c1-12(2)9-10-18(3)14(11-15(16)17-19)13-7-5-4-6-8-13/h4-8,12,14,19H,9-11H2,1-3H3,(H2,16,17). The summed E-state index contributed by atoms with van der Waals surface area (Å²) in [6.07, 6.45) is 1.67. The van der Waals surface area contributed by atoms with Crippen LogP contribution in [0.15, 0.2) is 35.5 Å². The maximum absolute atomic E-state index is 8.77. The number of rotatable bonds is 7. The van der Waals surface area contributed by atoms with E-state index in [1.807, 2.05) is 18.2 Å². The van der Waals surface area contributed by atoms with Crippen molar-refractivity contribution in [3.05, 3.63) is 35.9 Å². The lowest BCUT2D eigenvalue weighted by Gasteiger charge is -2.28. The Kier molecular flexibility index (Phi) is 6.36. The van der Waals surface area contributed by atoms with Gasteiger partial charge >= 0.3 is 0 Å². The van der Waals surface area contributed by atoms with E-state index in [0.29, 0.717) is 12.3 Å². The Balaban J connectivity index is 2.80. The van der Waals surface area contributed by atoms with Crippen molar-refractivity contribution in [3.63, 3.8) is 0 Å². The normalized spacial score (nSPS) is 14.1. The van der Waals surface area contributed by atoms with Gasteiger partial charge in [-0.3, -0.25) is 4.90 Å². The van der Waals surface area contributed by atoms with Crippen LogP contribution in [0.25, 0.3) is 0 Å². The summed E-state index contributed by atoms with van der Waals surface area (Å²) in [5, 5.41) is 11.9. The predicted molar refractivity (Wildman–Crippen MR) is 79.3 cm³/mol. The van der Waals surface area contributed by atoms with Crippen LogP contribution in [0.1, 0.15) is 38.3 Å². The third-order valence-corrected chi connectivity index (χ3v) is 3.31. The zero-order valence-electron chi connectivity index (χ0n) is 12.1. The minimum absolute atomic E-state index is 0.149. The van der Waals surface area contributed by atoms with E-state index in [1.54, 1.807) is 0 Å². The van der Waals surface area contributed by atoms with Crippen LogP contribution in [-0.4, -0.2) is 29.5 Å². The molecule has 0 radical (unpaired) electrons. The van der Waals surface area contributed by atoms with E-state index in [4.69, 9.17) is 10.9 Å². The molecule has 1 aromatic carbocycles. The van der Waals surface area contributed by atoms with Crippen molar-refractivity contribution in [2.75, 3.05) is 13.6 Å². The summed E-state index contributed by atoms with van der Waals surface area (Å²) in [5.41, 5.74) is 6.87. The Hall–Kier alpha value is -1.55. The van der Waals surface area contributed by atoms with E-state index < -0.39 is 0 Å². The maximum Gasteiger partial charge on any atom is 0.141 e. The molecule has 0 aliphatic heterocycles. The van der Waals surface area contributed by atoms with Crippen molar-refractivity contribution >= 4 is 5.84 Å². The van der Waals surface area contributed by atoms with Crippen LogP contribution in [0.2, 0.25) is 0 Å². The molecule has 0 fully saturated rings. The third-order valence-electron chi connectivity index (χ3n) is 3.31. The largest absolute Gasteiger partial charge is 0.409 e. The zero-order valence-corrected chi connectivity index (χ0v) is 12.1. The molecule has 106 valence electrons. The molecule has 1 unspecified atom stereocenters. The second kappa shape index (κ2) is 7.79. The molecule has 0 spiro atoms. The number of amidine groups is 1.